The molecule has 2 rings (SSSR count). The minimum Gasteiger partial charge on any atom is -0.409 e. The number of amides is 1. The van der Waals surface area contributed by atoms with Gasteiger partial charge < -0.3 is 16.3 Å². The number of nitrogens with one attached hydrogen (secondary N) is 1. The van der Waals surface area contributed by atoms with Crippen LogP contribution in [0.2, 0.25) is 0 Å². The summed E-state index contributed by atoms with van der Waals surface area (Å²) in [5, 5.41) is 18.7. The van der Waals surface area contributed by atoms with Gasteiger partial charge in [-0.05, 0) is 18.6 Å². The zero-order valence-electron chi connectivity index (χ0n) is 11.9. The number of aryl methyl sites for hydroxylation is 2. The molecule has 0 spiro atoms. The van der Waals surface area contributed by atoms with E-state index in [9.17, 15) is 4.79 Å². The minimum absolute atomic E-state index is 0.0414. The van der Waals surface area contributed by atoms with Gasteiger partial charge in [0.15, 0.2) is 5.84 Å². The van der Waals surface area contributed by atoms with Crippen molar-refractivity contribution in [3.8, 4) is 0 Å². The first-order chi connectivity index (χ1) is 10.0. The number of rotatable bonds is 4. The molecule has 0 aliphatic rings. The number of carbonyl (C=O) groups excluding carboxylic acids is 1. The highest BCUT2D eigenvalue weighted by Crippen LogP contribution is 2.15. The first-order valence-electron chi connectivity index (χ1n) is 6.47. The third-order valence-corrected chi connectivity index (χ3v) is 3.02. The van der Waals surface area contributed by atoms with Gasteiger partial charge in [0.05, 0.1) is 11.4 Å². The maximum Gasteiger partial charge on any atom is 0.255 e. The van der Waals surface area contributed by atoms with Gasteiger partial charge in [-0.25, -0.2) is 0 Å². The number of anilines is 1. The molecule has 1 amide bonds. The van der Waals surface area contributed by atoms with Crippen LogP contribution >= 0.6 is 0 Å². The van der Waals surface area contributed by atoms with Crippen LogP contribution in [-0.4, -0.2) is 26.7 Å². The van der Waals surface area contributed by atoms with Gasteiger partial charge in [-0.1, -0.05) is 24.2 Å². The largest absolute Gasteiger partial charge is 0.409 e. The fourth-order valence-corrected chi connectivity index (χ4v) is 1.97. The Morgan fingerprint density at radius 1 is 1.48 bits per heavy atom. The molecule has 1 heterocycles. The first kappa shape index (κ1) is 14.6. The molecule has 110 valence electrons. The molecular weight excluding hydrogens is 270 g/mol. The molecule has 0 bridgehead atoms. The molecule has 0 aliphatic heterocycles. The minimum atomic E-state index is -0.273. The number of carbonyl (C=O) groups is 1. The number of oxime groups is 1. The maximum absolute atomic E-state index is 12.3. The van der Waals surface area contributed by atoms with Crippen molar-refractivity contribution in [2.45, 2.75) is 13.3 Å². The van der Waals surface area contributed by atoms with Gasteiger partial charge in [-0.3, -0.25) is 9.48 Å². The van der Waals surface area contributed by atoms with Crippen molar-refractivity contribution >= 4 is 17.4 Å². The van der Waals surface area contributed by atoms with Crippen LogP contribution in [0.1, 0.15) is 28.5 Å². The smallest absolute Gasteiger partial charge is 0.255 e. The van der Waals surface area contributed by atoms with Gasteiger partial charge in [-0.15, -0.1) is 0 Å². The number of nitrogens with two attached hydrogens (primary N) is 1. The second-order valence-corrected chi connectivity index (χ2v) is 4.54. The van der Waals surface area contributed by atoms with Gasteiger partial charge in [0.2, 0.25) is 0 Å². The molecule has 0 unspecified atom stereocenters. The highest BCUT2D eigenvalue weighted by molar-refractivity contribution is 6.06. The molecule has 0 fully saturated rings. The van der Waals surface area contributed by atoms with E-state index in [4.69, 9.17) is 10.9 Å². The average Bonchev–Trinajstić information content (AvgIpc) is 2.86. The Hall–Kier alpha value is -2.83. The van der Waals surface area contributed by atoms with Gasteiger partial charge in [-0.2, -0.15) is 5.10 Å². The van der Waals surface area contributed by atoms with E-state index >= 15 is 0 Å². The van der Waals surface area contributed by atoms with Gasteiger partial charge in [0, 0.05) is 24.4 Å². The fourth-order valence-electron chi connectivity index (χ4n) is 1.97. The lowest BCUT2D eigenvalue weighted by atomic mass is 10.1. The summed E-state index contributed by atoms with van der Waals surface area (Å²) in [4.78, 5) is 12.3. The van der Waals surface area contributed by atoms with Crippen LogP contribution in [0.3, 0.4) is 0 Å². The lowest BCUT2D eigenvalue weighted by Gasteiger charge is -2.06. The predicted molar refractivity (Wildman–Crippen MR) is 79.5 cm³/mol. The molecule has 1 aromatic heterocycles. The lowest BCUT2D eigenvalue weighted by molar-refractivity contribution is 0.102. The Labute approximate surface area is 122 Å². The molecular formula is C14H17N5O2. The summed E-state index contributed by atoms with van der Waals surface area (Å²) >= 11 is 0. The summed E-state index contributed by atoms with van der Waals surface area (Å²) in [6, 6.07) is 6.55. The highest BCUT2D eigenvalue weighted by atomic mass is 16.4. The summed E-state index contributed by atoms with van der Waals surface area (Å²) in [5.74, 6) is -0.314. The van der Waals surface area contributed by atoms with Gasteiger partial charge in [0.25, 0.3) is 5.91 Å². The van der Waals surface area contributed by atoms with E-state index in [-0.39, 0.29) is 11.7 Å². The van der Waals surface area contributed by atoms with Crippen LogP contribution in [0.15, 0.2) is 35.6 Å². The van der Waals surface area contributed by atoms with E-state index in [1.54, 1.807) is 42.2 Å². The number of benzene rings is 1. The molecule has 0 atom stereocenters. The molecule has 0 saturated heterocycles. The monoisotopic (exact) mass is 287 g/mol. The number of hydrogen-bond donors (Lipinski definition) is 3. The van der Waals surface area contributed by atoms with E-state index in [2.05, 4.69) is 15.6 Å². The summed E-state index contributed by atoms with van der Waals surface area (Å²) in [5.41, 5.74) is 7.92. The van der Waals surface area contributed by atoms with Crippen LogP contribution in [0.5, 0.6) is 0 Å². The molecule has 0 radical (unpaired) electrons. The number of aromatic nitrogens is 2. The Morgan fingerprint density at radius 2 is 2.19 bits per heavy atom. The summed E-state index contributed by atoms with van der Waals surface area (Å²) in [6.07, 6.45) is 2.48. The standard InChI is InChI=1S/C14H17N5O2/c1-3-11-12(8-19(2)17-11)16-14(20)10-6-4-5-9(7-10)13(15)18-21/h4-8,21H,3H2,1-2H3,(H2,15,18)(H,16,20). The van der Waals surface area contributed by atoms with Crippen LogP contribution < -0.4 is 11.1 Å². The van der Waals surface area contributed by atoms with Crippen molar-refractivity contribution in [1.29, 1.82) is 0 Å². The number of hydrogen-bond acceptors (Lipinski definition) is 4. The van der Waals surface area contributed by atoms with E-state index in [0.717, 1.165) is 12.1 Å². The Balaban J connectivity index is 2.24. The van der Waals surface area contributed by atoms with Crippen LogP contribution in [-0.2, 0) is 13.5 Å². The van der Waals surface area contributed by atoms with E-state index in [1.165, 1.54) is 0 Å². The zero-order valence-corrected chi connectivity index (χ0v) is 11.9. The topological polar surface area (TPSA) is 106 Å². The number of nitrogens with zero attached hydrogens (tertiary/aromatic N) is 3. The molecule has 4 N–H and O–H groups in total. The lowest BCUT2D eigenvalue weighted by Crippen LogP contribution is -2.16. The summed E-state index contributed by atoms with van der Waals surface area (Å²) in [7, 11) is 1.80. The van der Waals surface area contributed by atoms with Crippen molar-refractivity contribution in [2.24, 2.45) is 17.9 Å². The van der Waals surface area contributed by atoms with Crippen molar-refractivity contribution in [1.82, 2.24) is 9.78 Å². The molecule has 7 nitrogen and oxygen atoms in total. The Morgan fingerprint density at radius 3 is 2.86 bits per heavy atom. The summed E-state index contributed by atoms with van der Waals surface area (Å²) in [6.45, 7) is 1.97. The van der Waals surface area contributed by atoms with Crippen molar-refractivity contribution < 1.29 is 10.0 Å². The average molecular weight is 287 g/mol. The number of amidine groups is 1. The van der Waals surface area contributed by atoms with E-state index < -0.39 is 0 Å². The maximum atomic E-state index is 12.3. The molecule has 7 heteroatoms. The van der Waals surface area contributed by atoms with Crippen LogP contribution in [0.25, 0.3) is 0 Å². The molecule has 0 saturated carbocycles. The van der Waals surface area contributed by atoms with Crippen molar-refractivity contribution in [3.05, 3.63) is 47.3 Å². The van der Waals surface area contributed by atoms with Crippen LogP contribution in [0.4, 0.5) is 5.69 Å². The predicted octanol–water partition coefficient (Wildman–Crippen LogP) is 1.33. The fraction of sp³-hybridized carbons (Fsp3) is 0.214. The molecule has 0 aliphatic carbocycles. The van der Waals surface area contributed by atoms with E-state index in [1.807, 2.05) is 6.92 Å². The normalized spacial score (nSPS) is 11.4. The quantitative estimate of drug-likeness (QED) is 0.341. The van der Waals surface area contributed by atoms with Gasteiger partial charge >= 0.3 is 0 Å². The third kappa shape index (κ3) is 3.19. The third-order valence-electron chi connectivity index (χ3n) is 3.02. The second-order valence-electron chi connectivity index (χ2n) is 4.54. The molecule has 2 aromatic rings. The first-order valence-corrected chi connectivity index (χ1v) is 6.47. The van der Waals surface area contributed by atoms with Crippen LogP contribution in [0, 0.1) is 0 Å². The molecule has 21 heavy (non-hydrogen) atoms. The Kier molecular flexibility index (Phi) is 4.22. The SMILES string of the molecule is CCc1nn(C)cc1NC(=O)c1cccc(/C(N)=N/O)c1. The van der Waals surface area contributed by atoms with Crippen molar-refractivity contribution in [3.63, 3.8) is 0 Å². The molecule has 1 aromatic carbocycles. The second kappa shape index (κ2) is 6.08. The highest BCUT2D eigenvalue weighted by Gasteiger charge is 2.12. The van der Waals surface area contributed by atoms with Gasteiger partial charge in [0.1, 0.15) is 0 Å². The van der Waals surface area contributed by atoms with E-state index in [0.29, 0.717) is 16.8 Å². The zero-order chi connectivity index (χ0) is 15.4. The summed E-state index contributed by atoms with van der Waals surface area (Å²) < 4.78 is 1.65. The van der Waals surface area contributed by atoms with Crippen molar-refractivity contribution in [2.75, 3.05) is 5.32 Å². The Bertz CT molecular complexity index is 690.